The van der Waals surface area contributed by atoms with Crippen LogP contribution in [0.15, 0.2) is 36.4 Å². The summed E-state index contributed by atoms with van der Waals surface area (Å²) in [6.07, 6.45) is -0.155. The third-order valence-electron chi connectivity index (χ3n) is 3.19. The van der Waals surface area contributed by atoms with Crippen LogP contribution in [0.4, 0.5) is 5.69 Å². The van der Waals surface area contributed by atoms with E-state index in [0.717, 1.165) is 0 Å². The first-order valence-corrected chi connectivity index (χ1v) is 7.76. The number of anilines is 1. The number of hydrogen-bond donors (Lipinski definition) is 1. The molecule has 7 heteroatoms. The van der Waals surface area contributed by atoms with Gasteiger partial charge >= 0.3 is 0 Å². The number of amides is 1. The van der Waals surface area contributed by atoms with Crippen molar-refractivity contribution in [1.82, 2.24) is 0 Å². The first kappa shape index (κ1) is 18.1. The van der Waals surface area contributed by atoms with Gasteiger partial charge in [0, 0.05) is 10.6 Å². The number of nitrogens with one attached hydrogen (secondary N) is 1. The van der Waals surface area contributed by atoms with Crippen LogP contribution in [0.3, 0.4) is 0 Å². The Morgan fingerprint density at radius 1 is 1.17 bits per heavy atom. The van der Waals surface area contributed by atoms with Gasteiger partial charge in [0.2, 0.25) is 0 Å². The van der Waals surface area contributed by atoms with E-state index in [4.69, 9.17) is 32.7 Å². The van der Waals surface area contributed by atoms with E-state index >= 15 is 0 Å². The van der Waals surface area contributed by atoms with Crippen molar-refractivity contribution in [1.29, 1.82) is 0 Å². The van der Waals surface area contributed by atoms with Crippen LogP contribution in [0, 0.1) is 0 Å². The van der Waals surface area contributed by atoms with Gasteiger partial charge in [-0.05, 0) is 43.3 Å². The summed E-state index contributed by atoms with van der Waals surface area (Å²) in [6.45, 7) is 1.58. The zero-order valence-electron chi connectivity index (χ0n) is 13.0. The normalized spacial score (nSPS) is 11.5. The minimum Gasteiger partial charge on any atom is -0.493 e. The van der Waals surface area contributed by atoms with E-state index in [2.05, 4.69) is 5.32 Å². The third kappa shape index (κ3) is 4.40. The summed E-state index contributed by atoms with van der Waals surface area (Å²) in [5.74, 6) is 0.314. The Morgan fingerprint density at radius 2 is 1.92 bits per heavy atom. The van der Waals surface area contributed by atoms with Gasteiger partial charge in [-0.25, -0.2) is 0 Å². The van der Waals surface area contributed by atoms with Crippen molar-refractivity contribution in [3.05, 3.63) is 52.0 Å². The Balaban J connectivity index is 2.12. The summed E-state index contributed by atoms with van der Waals surface area (Å²) in [5, 5.41) is 3.45. The molecule has 24 heavy (non-hydrogen) atoms. The van der Waals surface area contributed by atoms with Crippen molar-refractivity contribution in [3.63, 3.8) is 0 Å². The predicted molar refractivity (Wildman–Crippen MR) is 93.6 cm³/mol. The van der Waals surface area contributed by atoms with E-state index in [1.54, 1.807) is 31.2 Å². The molecule has 0 aliphatic heterocycles. The fourth-order valence-electron chi connectivity index (χ4n) is 1.93. The number of benzene rings is 2. The average Bonchev–Trinajstić information content (AvgIpc) is 2.57. The van der Waals surface area contributed by atoms with E-state index in [1.165, 1.54) is 19.2 Å². The molecular formula is C17H15Cl2NO4. The lowest BCUT2D eigenvalue weighted by atomic mass is 10.2. The highest BCUT2D eigenvalue weighted by Crippen LogP contribution is 2.29. The summed E-state index contributed by atoms with van der Waals surface area (Å²) in [7, 11) is 1.47. The number of ether oxygens (including phenoxy) is 2. The number of carbonyl (C=O) groups is 2. The topological polar surface area (TPSA) is 64.6 Å². The van der Waals surface area contributed by atoms with E-state index in [0.29, 0.717) is 39.1 Å². The Hall–Kier alpha value is -2.24. The molecule has 1 amide bonds. The molecule has 0 saturated heterocycles. The largest absolute Gasteiger partial charge is 0.493 e. The number of aldehydes is 1. The van der Waals surface area contributed by atoms with Gasteiger partial charge in [-0.15, -0.1) is 0 Å². The number of hydrogen-bond acceptors (Lipinski definition) is 4. The van der Waals surface area contributed by atoms with Crippen LogP contribution in [-0.4, -0.2) is 25.4 Å². The maximum atomic E-state index is 12.3. The molecular weight excluding hydrogens is 353 g/mol. The minimum absolute atomic E-state index is 0.298. The van der Waals surface area contributed by atoms with Crippen molar-refractivity contribution in [2.45, 2.75) is 13.0 Å². The Morgan fingerprint density at radius 3 is 2.54 bits per heavy atom. The van der Waals surface area contributed by atoms with Crippen LogP contribution in [0.1, 0.15) is 17.3 Å². The van der Waals surface area contributed by atoms with E-state index < -0.39 is 12.0 Å². The molecule has 0 aliphatic rings. The van der Waals surface area contributed by atoms with E-state index in [1.807, 2.05) is 0 Å². The van der Waals surface area contributed by atoms with Crippen molar-refractivity contribution >= 4 is 41.1 Å². The summed E-state index contributed by atoms with van der Waals surface area (Å²) in [4.78, 5) is 23.2. The third-order valence-corrected chi connectivity index (χ3v) is 3.73. The summed E-state index contributed by atoms with van der Waals surface area (Å²) >= 11 is 11.8. The maximum Gasteiger partial charge on any atom is 0.265 e. The molecule has 0 spiro atoms. The molecule has 126 valence electrons. The van der Waals surface area contributed by atoms with Crippen LogP contribution in [0.5, 0.6) is 11.5 Å². The molecule has 5 nitrogen and oxygen atoms in total. The van der Waals surface area contributed by atoms with Gasteiger partial charge in [-0.3, -0.25) is 9.59 Å². The second-order valence-electron chi connectivity index (χ2n) is 4.90. The lowest BCUT2D eigenvalue weighted by molar-refractivity contribution is -0.122. The summed E-state index contributed by atoms with van der Waals surface area (Å²) < 4.78 is 10.8. The smallest absolute Gasteiger partial charge is 0.265 e. The molecule has 0 saturated carbocycles. The Kier molecular flexibility index (Phi) is 6.06. The quantitative estimate of drug-likeness (QED) is 0.776. The van der Waals surface area contributed by atoms with Crippen LogP contribution < -0.4 is 14.8 Å². The van der Waals surface area contributed by atoms with Crippen LogP contribution in [0.25, 0.3) is 0 Å². The van der Waals surface area contributed by atoms with Crippen LogP contribution in [-0.2, 0) is 4.79 Å². The fourth-order valence-corrected chi connectivity index (χ4v) is 2.38. The summed E-state index contributed by atoms with van der Waals surface area (Å²) in [5.41, 5.74) is 0.842. The molecule has 2 aromatic rings. The molecule has 0 aromatic heterocycles. The average molecular weight is 368 g/mol. The molecule has 0 radical (unpaired) electrons. The molecule has 2 rings (SSSR count). The molecule has 0 fully saturated rings. The van der Waals surface area contributed by atoms with Crippen molar-refractivity contribution in [2.75, 3.05) is 12.4 Å². The number of halogens is 2. The van der Waals surface area contributed by atoms with Crippen molar-refractivity contribution < 1.29 is 19.1 Å². The number of carbonyl (C=O) groups excluding carboxylic acids is 2. The SMILES string of the molecule is COc1ccc(C=O)cc1O[C@H](C)C(=O)Nc1ccc(Cl)cc1Cl. The Bertz CT molecular complexity index is 764. The summed E-state index contributed by atoms with van der Waals surface area (Å²) in [6, 6.07) is 9.44. The highest BCUT2D eigenvalue weighted by molar-refractivity contribution is 6.36. The van der Waals surface area contributed by atoms with E-state index in [-0.39, 0.29) is 0 Å². The van der Waals surface area contributed by atoms with Gasteiger partial charge in [0.1, 0.15) is 6.29 Å². The van der Waals surface area contributed by atoms with Gasteiger partial charge in [-0.2, -0.15) is 0 Å². The first-order chi connectivity index (χ1) is 11.4. The Labute approximate surface area is 149 Å². The van der Waals surface area contributed by atoms with Crippen molar-refractivity contribution in [2.24, 2.45) is 0 Å². The first-order valence-electron chi connectivity index (χ1n) is 7.00. The van der Waals surface area contributed by atoms with Crippen LogP contribution >= 0.6 is 23.2 Å². The monoisotopic (exact) mass is 367 g/mol. The van der Waals surface area contributed by atoms with Gasteiger partial charge < -0.3 is 14.8 Å². The maximum absolute atomic E-state index is 12.3. The molecule has 0 aliphatic carbocycles. The van der Waals surface area contributed by atoms with Crippen LogP contribution in [0.2, 0.25) is 10.0 Å². The zero-order chi connectivity index (χ0) is 17.7. The second-order valence-corrected chi connectivity index (χ2v) is 5.75. The number of rotatable bonds is 6. The lowest BCUT2D eigenvalue weighted by Crippen LogP contribution is -2.30. The fraction of sp³-hybridized carbons (Fsp3) is 0.176. The molecule has 1 atom stereocenters. The molecule has 0 unspecified atom stereocenters. The zero-order valence-corrected chi connectivity index (χ0v) is 14.5. The highest BCUT2D eigenvalue weighted by Gasteiger charge is 2.18. The molecule has 1 N–H and O–H groups in total. The van der Waals surface area contributed by atoms with Gasteiger partial charge in [-0.1, -0.05) is 23.2 Å². The van der Waals surface area contributed by atoms with E-state index in [9.17, 15) is 9.59 Å². The predicted octanol–water partition coefficient (Wildman–Crippen LogP) is 4.22. The number of methoxy groups -OCH3 is 1. The molecule has 2 aromatic carbocycles. The van der Waals surface area contributed by atoms with Gasteiger partial charge in [0.15, 0.2) is 17.6 Å². The second kappa shape index (κ2) is 8.04. The molecule has 0 bridgehead atoms. The van der Waals surface area contributed by atoms with Gasteiger partial charge in [0.05, 0.1) is 17.8 Å². The minimum atomic E-state index is -0.840. The van der Waals surface area contributed by atoms with Crippen molar-refractivity contribution in [3.8, 4) is 11.5 Å². The molecule has 0 heterocycles. The lowest BCUT2D eigenvalue weighted by Gasteiger charge is -2.17. The van der Waals surface area contributed by atoms with Gasteiger partial charge in [0.25, 0.3) is 5.91 Å². The standard InChI is InChI=1S/C17H15Cl2NO4/c1-10(17(22)20-14-5-4-12(18)8-13(14)19)24-16-7-11(9-21)3-6-15(16)23-2/h3-10H,1-2H3,(H,20,22)/t10-/m1/s1. The highest BCUT2D eigenvalue weighted by atomic mass is 35.5.